The van der Waals surface area contributed by atoms with E-state index in [4.69, 9.17) is 32.7 Å². The second kappa shape index (κ2) is 6.48. The number of halogens is 2. The zero-order valence-electron chi connectivity index (χ0n) is 9.62. The number of hydrogen-bond acceptors (Lipinski definition) is 2. The molecule has 1 fully saturated rings. The average Bonchev–Trinajstić information content (AvgIpc) is 2.84. The third-order valence-electron chi connectivity index (χ3n) is 2.89. The van der Waals surface area contributed by atoms with Gasteiger partial charge in [0.2, 0.25) is 0 Å². The largest absolute Gasteiger partial charge is 0.493 e. The first-order chi connectivity index (χ1) is 8.29. The SMILES string of the molecule is ClCc1cc(Cl)ccc1OCCC1CCCO1. The zero-order valence-corrected chi connectivity index (χ0v) is 11.1. The summed E-state index contributed by atoms with van der Waals surface area (Å²) >= 11 is 11.7. The van der Waals surface area contributed by atoms with E-state index in [0.29, 0.717) is 23.6 Å². The fourth-order valence-electron chi connectivity index (χ4n) is 1.97. The highest BCUT2D eigenvalue weighted by Gasteiger charge is 2.15. The summed E-state index contributed by atoms with van der Waals surface area (Å²) in [7, 11) is 0. The summed E-state index contributed by atoms with van der Waals surface area (Å²) < 4.78 is 11.3. The molecular formula is C13H16Cl2O2. The number of alkyl halides is 1. The van der Waals surface area contributed by atoms with Crippen LogP contribution in [0.3, 0.4) is 0 Å². The lowest BCUT2D eigenvalue weighted by atomic mass is 10.2. The van der Waals surface area contributed by atoms with Crippen LogP contribution in [-0.4, -0.2) is 19.3 Å². The third-order valence-corrected chi connectivity index (χ3v) is 3.41. The second-order valence-electron chi connectivity index (χ2n) is 4.16. The molecule has 1 aromatic carbocycles. The Kier molecular flexibility index (Phi) is 4.96. The van der Waals surface area contributed by atoms with Gasteiger partial charge in [0.15, 0.2) is 0 Å². The van der Waals surface area contributed by atoms with Crippen LogP contribution in [0.15, 0.2) is 18.2 Å². The van der Waals surface area contributed by atoms with Crippen LogP contribution >= 0.6 is 23.2 Å². The number of rotatable bonds is 5. The minimum Gasteiger partial charge on any atom is -0.493 e. The summed E-state index contributed by atoms with van der Waals surface area (Å²) in [6.45, 7) is 1.55. The van der Waals surface area contributed by atoms with E-state index < -0.39 is 0 Å². The van der Waals surface area contributed by atoms with Crippen molar-refractivity contribution in [1.29, 1.82) is 0 Å². The van der Waals surface area contributed by atoms with E-state index >= 15 is 0 Å². The van der Waals surface area contributed by atoms with Gasteiger partial charge in [-0.05, 0) is 31.0 Å². The Balaban J connectivity index is 1.85. The average molecular weight is 275 g/mol. The summed E-state index contributed by atoms with van der Waals surface area (Å²) in [5, 5.41) is 0.687. The van der Waals surface area contributed by atoms with Crippen LogP contribution < -0.4 is 4.74 Å². The van der Waals surface area contributed by atoms with Gasteiger partial charge in [-0.3, -0.25) is 0 Å². The lowest BCUT2D eigenvalue weighted by Crippen LogP contribution is -2.11. The van der Waals surface area contributed by atoms with Crippen LogP contribution in [-0.2, 0) is 10.6 Å². The van der Waals surface area contributed by atoms with Gasteiger partial charge in [0.1, 0.15) is 5.75 Å². The van der Waals surface area contributed by atoms with E-state index in [9.17, 15) is 0 Å². The molecule has 17 heavy (non-hydrogen) atoms. The van der Waals surface area contributed by atoms with Crippen molar-refractivity contribution in [2.45, 2.75) is 31.2 Å². The molecule has 1 atom stereocenters. The highest BCUT2D eigenvalue weighted by molar-refractivity contribution is 6.30. The summed E-state index contributed by atoms with van der Waals surface area (Å²) in [4.78, 5) is 0. The first-order valence-corrected chi connectivity index (χ1v) is 6.79. The van der Waals surface area contributed by atoms with Crippen molar-refractivity contribution in [3.63, 3.8) is 0 Å². The molecule has 2 rings (SSSR count). The van der Waals surface area contributed by atoms with E-state index in [1.165, 1.54) is 6.42 Å². The molecule has 0 radical (unpaired) electrons. The maximum Gasteiger partial charge on any atom is 0.123 e. The van der Waals surface area contributed by atoms with E-state index in [1.807, 2.05) is 18.2 Å². The number of ether oxygens (including phenoxy) is 2. The monoisotopic (exact) mass is 274 g/mol. The van der Waals surface area contributed by atoms with E-state index in [-0.39, 0.29) is 0 Å². The van der Waals surface area contributed by atoms with Gasteiger partial charge < -0.3 is 9.47 Å². The van der Waals surface area contributed by atoms with Crippen molar-refractivity contribution < 1.29 is 9.47 Å². The summed E-state index contributed by atoms with van der Waals surface area (Å²) in [6.07, 6.45) is 3.61. The minimum absolute atomic E-state index is 0.363. The van der Waals surface area contributed by atoms with Crippen LogP contribution in [0.5, 0.6) is 5.75 Å². The molecule has 1 aliphatic heterocycles. The van der Waals surface area contributed by atoms with Crippen LogP contribution in [0.4, 0.5) is 0 Å². The van der Waals surface area contributed by atoms with Crippen molar-refractivity contribution in [2.24, 2.45) is 0 Å². The fourth-order valence-corrected chi connectivity index (χ4v) is 2.37. The van der Waals surface area contributed by atoms with Crippen molar-refractivity contribution >= 4 is 23.2 Å². The molecule has 0 saturated carbocycles. The molecule has 1 heterocycles. The van der Waals surface area contributed by atoms with Gasteiger partial charge in [0.05, 0.1) is 18.6 Å². The van der Waals surface area contributed by atoms with Crippen molar-refractivity contribution in [1.82, 2.24) is 0 Å². The molecule has 2 nitrogen and oxygen atoms in total. The Hall–Kier alpha value is -0.440. The molecule has 0 spiro atoms. The van der Waals surface area contributed by atoms with Gasteiger partial charge in [-0.15, -0.1) is 11.6 Å². The molecule has 1 unspecified atom stereocenters. The van der Waals surface area contributed by atoms with Gasteiger partial charge in [-0.2, -0.15) is 0 Å². The van der Waals surface area contributed by atoms with Gasteiger partial charge >= 0.3 is 0 Å². The smallest absolute Gasteiger partial charge is 0.123 e. The van der Waals surface area contributed by atoms with Crippen LogP contribution in [0.25, 0.3) is 0 Å². The minimum atomic E-state index is 0.363. The molecule has 1 aliphatic rings. The summed E-state index contributed by atoms with van der Waals surface area (Å²) in [5.41, 5.74) is 0.937. The van der Waals surface area contributed by atoms with E-state index in [1.54, 1.807) is 0 Å². The van der Waals surface area contributed by atoms with E-state index in [0.717, 1.165) is 30.8 Å². The molecule has 4 heteroatoms. The molecule has 0 amide bonds. The Bertz CT molecular complexity index is 362. The van der Waals surface area contributed by atoms with Crippen molar-refractivity contribution in [3.8, 4) is 5.75 Å². The summed E-state index contributed by atoms with van der Waals surface area (Å²) in [6, 6.07) is 5.53. The Labute approximate surface area is 112 Å². The maximum absolute atomic E-state index is 5.90. The highest BCUT2D eigenvalue weighted by Crippen LogP contribution is 2.25. The first-order valence-electron chi connectivity index (χ1n) is 5.88. The molecule has 94 valence electrons. The van der Waals surface area contributed by atoms with Crippen molar-refractivity contribution in [2.75, 3.05) is 13.2 Å². The molecule has 0 aliphatic carbocycles. The van der Waals surface area contributed by atoms with Crippen molar-refractivity contribution in [3.05, 3.63) is 28.8 Å². The molecular weight excluding hydrogens is 259 g/mol. The quantitative estimate of drug-likeness (QED) is 0.755. The van der Waals surface area contributed by atoms with Gasteiger partial charge in [-0.25, -0.2) is 0 Å². The zero-order chi connectivity index (χ0) is 12.1. The lowest BCUT2D eigenvalue weighted by Gasteiger charge is -2.13. The van der Waals surface area contributed by atoms with Crippen LogP contribution in [0.1, 0.15) is 24.8 Å². The predicted molar refractivity (Wildman–Crippen MR) is 70.1 cm³/mol. The van der Waals surface area contributed by atoms with Gasteiger partial charge in [0, 0.05) is 23.6 Å². The van der Waals surface area contributed by atoms with Gasteiger partial charge in [-0.1, -0.05) is 11.6 Å². The molecule has 0 aromatic heterocycles. The normalized spacial score (nSPS) is 19.5. The standard InChI is InChI=1S/C13H16Cl2O2/c14-9-10-8-11(15)3-4-13(10)17-7-5-12-2-1-6-16-12/h3-4,8,12H,1-2,5-7,9H2. The fraction of sp³-hybridized carbons (Fsp3) is 0.538. The Morgan fingerprint density at radius 2 is 2.29 bits per heavy atom. The third kappa shape index (κ3) is 3.77. The highest BCUT2D eigenvalue weighted by atomic mass is 35.5. The molecule has 0 N–H and O–H groups in total. The maximum atomic E-state index is 5.90. The topological polar surface area (TPSA) is 18.5 Å². The van der Waals surface area contributed by atoms with Crippen LogP contribution in [0, 0.1) is 0 Å². The Morgan fingerprint density at radius 1 is 1.41 bits per heavy atom. The number of benzene rings is 1. The molecule has 0 bridgehead atoms. The van der Waals surface area contributed by atoms with E-state index in [2.05, 4.69) is 0 Å². The second-order valence-corrected chi connectivity index (χ2v) is 4.86. The van der Waals surface area contributed by atoms with Gasteiger partial charge in [0.25, 0.3) is 0 Å². The summed E-state index contributed by atoms with van der Waals surface area (Å²) in [5.74, 6) is 1.23. The first kappa shape index (κ1) is 13.0. The molecule has 1 aromatic rings. The molecule has 1 saturated heterocycles. The predicted octanol–water partition coefficient (Wildman–Crippen LogP) is 4.03. The number of hydrogen-bond donors (Lipinski definition) is 0. The lowest BCUT2D eigenvalue weighted by molar-refractivity contribution is 0.0902. The Morgan fingerprint density at radius 3 is 3.00 bits per heavy atom. The van der Waals surface area contributed by atoms with Crippen LogP contribution in [0.2, 0.25) is 5.02 Å².